The lowest BCUT2D eigenvalue weighted by Gasteiger charge is -2.45. The number of ketones is 1. The molecular weight excluding hydrogens is 592 g/mol. The summed E-state index contributed by atoms with van der Waals surface area (Å²) in [5.74, 6) is -0.878. The minimum Gasteiger partial charge on any atom is -0.364 e. The smallest absolute Gasteiger partial charge is 0.317 e. The average Bonchev–Trinajstić information content (AvgIpc) is 3.53. The first-order valence-corrected chi connectivity index (χ1v) is 18.5. The molecule has 2 aliphatic rings. The van der Waals surface area contributed by atoms with Gasteiger partial charge in [0.15, 0.2) is 11.6 Å². The Balaban J connectivity index is 1.24. The molecule has 0 aromatic carbocycles. The van der Waals surface area contributed by atoms with Gasteiger partial charge in [-0.2, -0.15) is 0 Å². The Kier molecular flexibility index (Phi) is 16.5. The van der Waals surface area contributed by atoms with E-state index in [1.165, 1.54) is 70.6 Å². The molecule has 9 nitrogen and oxygen atoms in total. The van der Waals surface area contributed by atoms with Crippen LogP contribution in [0.15, 0.2) is 24.4 Å². The van der Waals surface area contributed by atoms with E-state index < -0.39 is 17.3 Å². The summed E-state index contributed by atoms with van der Waals surface area (Å²) in [4.78, 5) is 46.0. The van der Waals surface area contributed by atoms with Crippen LogP contribution in [-0.4, -0.2) is 83.7 Å². The molecule has 0 saturated carbocycles. The van der Waals surface area contributed by atoms with Crippen LogP contribution in [0.5, 0.6) is 0 Å². The molecule has 3 amide bonds. The molecule has 266 valence electrons. The summed E-state index contributed by atoms with van der Waals surface area (Å²) in [5.41, 5.74) is 0.856. The van der Waals surface area contributed by atoms with Gasteiger partial charge in [-0.3, -0.25) is 9.59 Å². The number of piperazine rings is 1. The number of hydrogen-bond acceptors (Lipinski definition) is 5. The fraction of sp³-hybridized carbons (Fsp3) is 0.763. The number of nitrogens with zero attached hydrogens (tertiary/aromatic N) is 2. The lowest BCUT2D eigenvalue weighted by atomic mass is 9.81. The van der Waals surface area contributed by atoms with E-state index in [1.807, 2.05) is 32.6 Å². The van der Waals surface area contributed by atoms with Crippen LogP contribution in [0.25, 0.3) is 0 Å². The van der Waals surface area contributed by atoms with Gasteiger partial charge in [-0.25, -0.2) is 4.79 Å². The first-order valence-electron chi connectivity index (χ1n) is 18.5. The molecule has 0 spiro atoms. The van der Waals surface area contributed by atoms with E-state index in [-0.39, 0.29) is 17.7 Å². The van der Waals surface area contributed by atoms with Crippen molar-refractivity contribution in [3.63, 3.8) is 0 Å². The Hall–Kier alpha value is -2.65. The first-order chi connectivity index (χ1) is 22.5. The van der Waals surface area contributed by atoms with Gasteiger partial charge >= 0.3 is 6.03 Å². The second-order valence-electron chi connectivity index (χ2n) is 14.6. The summed E-state index contributed by atoms with van der Waals surface area (Å²) in [6.45, 7) is 13.1. The third-order valence-electron chi connectivity index (χ3n) is 9.46. The maximum atomic E-state index is 13.5. The summed E-state index contributed by atoms with van der Waals surface area (Å²) in [5, 5.41) is 3.06. The average molecular weight is 657 g/mol. The van der Waals surface area contributed by atoms with Crippen molar-refractivity contribution in [2.75, 3.05) is 39.3 Å². The Morgan fingerprint density at radius 2 is 1.47 bits per heavy atom. The van der Waals surface area contributed by atoms with E-state index in [4.69, 9.17) is 9.47 Å². The summed E-state index contributed by atoms with van der Waals surface area (Å²) >= 11 is 0. The molecule has 1 aromatic rings. The summed E-state index contributed by atoms with van der Waals surface area (Å²) in [7, 11) is 0. The van der Waals surface area contributed by atoms with E-state index in [0.717, 1.165) is 18.5 Å². The maximum absolute atomic E-state index is 13.5. The number of Topliss-reactive ketones (excluding diaryl/α,β-unsaturated/α-hetero) is 1. The summed E-state index contributed by atoms with van der Waals surface area (Å²) < 4.78 is 11.8. The third-order valence-corrected chi connectivity index (χ3v) is 9.46. The zero-order valence-corrected chi connectivity index (χ0v) is 30.2. The number of urea groups is 1. The summed E-state index contributed by atoms with van der Waals surface area (Å²) in [6, 6.07) is 1.74. The maximum Gasteiger partial charge on any atom is 0.317 e. The number of H-pyrrole nitrogens is 1. The number of carbonyl (C=O) groups is 3. The van der Waals surface area contributed by atoms with Crippen molar-refractivity contribution in [1.82, 2.24) is 20.1 Å². The van der Waals surface area contributed by atoms with Crippen LogP contribution in [0.2, 0.25) is 0 Å². The van der Waals surface area contributed by atoms with E-state index in [2.05, 4.69) is 29.4 Å². The van der Waals surface area contributed by atoms with Gasteiger partial charge in [-0.15, -0.1) is 0 Å². The molecule has 1 atom stereocenters. The fourth-order valence-electron chi connectivity index (χ4n) is 6.36. The van der Waals surface area contributed by atoms with Gasteiger partial charge in [-0.1, -0.05) is 84.3 Å². The molecule has 3 rings (SSSR count). The van der Waals surface area contributed by atoms with Crippen molar-refractivity contribution in [2.24, 2.45) is 5.41 Å². The van der Waals surface area contributed by atoms with Gasteiger partial charge in [-0.05, 0) is 58.4 Å². The van der Waals surface area contributed by atoms with Crippen molar-refractivity contribution in [1.29, 1.82) is 0 Å². The molecule has 1 aromatic heterocycles. The van der Waals surface area contributed by atoms with Crippen molar-refractivity contribution < 1.29 is 23.9 Å². The van der Waals surface area contributed by atoms with Crippen LogP contribution in [-0.2, 0) is 20.7 Å². The predicted molar refractivity (Wildman–Crippen MR) is 189 cm³/mol. The fourth-order valence-corrected chi connectivity index (χ4v) is 6.36. The SMILES string of the molecule is CCCCCCCCC=CCCCCCCCNC(=O)N1CCN(C(=O)CCc2[nH]ccc2C(=O)C2OC(C)(C)OCC2(C)C)CC1. The Labute approximate surface area is 284 Å². The van der Waals surface area contributed by atoms with Crippen molar-refractivity contribution >= 4 is 17.7 Å². The van der Waals surface area contributed by atoms with Crippen LogP contribution < -0.4 is 5.32 Å². The third kappa shape index (κ3) is 13.4. The van der Waals surface area contributed by atoms with Crippen LogP contribution in [0.4, 0.5) is 4.79 Å². The van der Waals surface area contributed by atoms with Gasteiger partial charge in [0.1, 0.15) is 6.10 Å². The molecule has 2 N–H and O–H groups in total. The standard InChI is InChI=1S/C38H64N4O5/c1-6-7-8-9-10-11-12-13-14-15-16-17-18-19-20-24-40-36(45)42-28-26-41(27-29-42)33(43)22-21-32-31(23-25-39-32)34(44)35-37(2,3)30-46-38(4,5)47-35/h13-14,23,25,35,39H,6-12,15-22,24,26-30H2,1-5H3,(H,40,45). The highest BCUT2D eigenvalue weighted by Gasteiger charge is 2.46. The Morgan fingerprint density at radius 3 is 2.13 bits per heavy atom. The second-order valence-corrected chi connectivity index (χ2v) is 14.6. The van der Waals surface area contributed by atoms with E-state index in [9.17, 15) is 14.4 Å². The number of carbonyl (C=O) groups excluding carboxylic acids is 3. The molecule has 1 unspecified atom stereocenters. The van der Waals surface area contributed by atoms with Crippen molar-refractivity contribution in [3.05, 3.63) is 35.7 Å². The lowest BCUT2D eigenvalue weighted by molar-refractivity contribution is -0.298. The molecule has 0 aliphatic carbocycles. The molecule has 3 heterocycles. The number of nitrogens with one attached hydrogen (secondary N) is 2. The highest BCUT2D eigenvalue weighted by molar-refractivity contribution is 6.01. The second kappa shape index (κ2) is 20.0. The highest BCUT2D eigenvalue weighted by Crippen LogP contribution is 2.37. The lowest BCUT2D eigenvalue weighted by Crippen LogP contribution is -2.53. The van der Waals surface area contributed by atoms with Gasteiger partial charge < -0.3 is 29.6 Å². The molecule has 2 saturated heterocycles. The molecule has 47 heavy (non-hydrogen) atoms. The van der Waals surface area contributed by atoms with E-state index in [1.54, 1.807) is 17.2 Å². The quantitative estimate of drug-likeness (QED) is 0.0847. The Bertz CT molecular complexity index is 1120. The van der Waals surface area contributed by atoms with Crippen LogP contribution in [0.1, 0.15) is 141 Å². The minimum atomic E-state index is -0.828. The van der Waals surface area contributed by atoms with Crippen LogP contribution >= 0.6 is 0 Å². The number of aromatic nitrogens is 1. The number of unbranched alkanes of at least 4 members (excludes halogenated alkanes) is 11. The van der Waals surface area contributed by atoms with Crippen molar-refractivity contribution in [3.8, 4) is 0 Å². The summed E-state index contributed by atoms with van der Waals surface area (Å²) in [6.07, 6.45) is 22.9. The van der Waals surface area contributed by atoms with Gasteiger partial charge in [0, 0.05) is 62.0 Å². The number of hydrogen-bond donors (Lipinski definition) is 2. The molecule has 2 aliphatic heterocycles. The monoisotopic (exact) mass is 656 g/mol. The molecule has 0 bridgehead atoms. The van der Waals surface area contributed by atoms with Gasteiger partial charge in [0.2, 0.25) is 5.91 Å². The first kappa shape index (κ1) is 38.8. The number of rotatable bonds is 20. The minimum absolute atomic E-state index is 0.0372. The van der Waals surface area contributed by atoms with E-state index in [0.29, 0.717) is 57.7 Å². The van der Waals surface area contributed by atoms with Crippen LogP contribution in [0.3, 0.4) is 0 Å². The van der Waals surface area contributed by atoms with Crippen molar-refractivity contribution in [2.45, 2.75) is 143 Å². The largest absolute Gasteiger partial charge is 0.364 e. The van der Waals surface area contributed by atoms with E-state index >= 15 is 0 Å². The number of aryl methyl sites for hydroxylation is 1. The molecule has 9 heteroatoms. The molecule has 0 radical (unpaired) electrons. The predicted octanol–water partition coefficient (Wildman–Crippen LogP) is 7.81. The number of allylic oxidation sites excluding steroid dienone is 2. The number of ether oxygens (including phenoxy) is 2. The Morgan fingerprint density at radius 1 is 0.872 bits per heavy atom. The normalized spacial score (nSPS) is 19.3. The van der Waals surface area contributed by atoms with Gasteiger partial charge in [0.25, 0.3) is 0 Å². The number of amides is 3. The van der Waals surface area contributed by atoms with Gasteiger partial charge in [0.05, 0.1) is 6.61 Å². The molecular formula is C38H64N4O5. The zero-order chi connectivity index (χ0) is 34.1. The molecule has 2 fully saturated rings. The topological polar surface area (TPSA) is 104 Å². The highest BCUT2D eigenvalue weighted by atomic mass is 16.7. The number of aromatic amines is 1. The van der Waals surface area contributed by atoms with Crippen LogP contribution in [0, 0.1) is 5.41 Å². The zero-order valence-electron chi connectivity index (χ0n) is 30.2.